The molecular formula is C24H25N5O3. The van der Waals surface area contributed by atoms with Crippen LogP contribution < -0.4 is 21.1 Å². The molecule has 0 saturated heterocycles. The molecule has 4 aromatic rings. The zero-order valence-electron chi connectivity index (χ0n) is 18.1. The van der Waals surface area contributed by atoms with E-state index >= 15 is 0 Å². The molecule has 0 spiro atoms. The Labute approximate surface area is 185 Å². The summed E-state index contributed by atoms with van der Waals surface area (Å²) in [5, 5.41) is 6.56. The zero-order chi connectivity index (χ0) is 23.1. The van der Waals surface area contributed by atoms with Gasteiger partial charge in [-0.2, -0.15) is 0 Å². The molecule has 0 aliphatic carbocycles. The fourth-order valence-corrected chi connectivity index (χ4v) is 3.33. The first-order valence-electron chi connectivity index (χ1n) is 9.87. The van der Waals surface area contributed by atoms with Crippen molar-refractivity contribution < 1.29 is 14.3 Å². The topological polar surface area (TPSA) is 122 Å². The first-order chi connectivity index (χ1) is 15.5. The second-order valence-corrected chi connectivity index (χ2v) is 6.95. The van der Waals surface area contributed by atoms with Gasteiger partial charge in [0.2, 0.25) is 6.41 Å². The Balaban J connectivity index is 0.000000207. The fraction of sp³-hybridized carbons (Fsp3) is 0.125. The normalized spacial score (nSPS) is 10.1. The molecule has 2 aromatic carbocycles. The highest BCUT2D eigenvalue weighted by molar-refractivity contribution is 6.09. The number of primary amides is 1. The zero-order valence-corrected chi connectivity index (χ0v) is 18.1. The minimum Gasteiger partial charge on any atom is -0.495 e. The molecule has 2 amide bonds. The number of carbonyl (C=O) groups excluding carboxylic acids is 2. The van der Waals surface area contributed by atoms with Crippen molar-refractivity contribution in [3.63, 3.8) is 0 Å². The summed E-state index contributed by atoms with van der Waals surface area (Å²) in [4.78, 5) is 28.9. The van der Waals surface area contributed by atoms with E-state index in [9.17, 15) is 9.59 Å². The number of anilines is 2. The minimum atomic E-state index is -0.478. The lowest BCUT2D eigenvalue weighted by molar-refractivity contribution is -0.105. The predicted octanol–water partition coefficient (Wildman–Crippen LogP) is 3.94. The fourth-order valence-electron chi connectivity index (χ4n) is 3.33. The van der Waals surface area contributed by atoms with E-state index in [1.807, 2.05) is 62.5 Å². The third-order valence-corrected chi connectivity index (χ3v) is 4.88. The molecular weight excluding hydrogens is 406 g/mol. The molecule has 0 unspecified atom stereocenters. The van der Waals surface area contributed by atoms with Crippen molar-refractivity contribution in [3.8, 4) is 16.9 Å². The number of aromatic nitrogens is 2. The van der Waals surface area contributed by atoms with E-state index in [2.05, 4.69) is 20.6 Å². The summed E-state index contributed by atoms with van der Waals surface area (Å²) in [5.41, 5.74) is 11.2. The summed E-state index contributed by atoms with van der Waals surface area (Å²) in [6, 6.07) is 15.3. The number of pyridine rings is 1. The van der Waals surface area contributed by atoms with Gasteiger partial charge in [-0.1, -0.05) is 18.2 Å². The highest BCUT2D eigenvalue weighted by Gasteiger charge is 2.17. The van der Waals surface area contributed by atoms with E-state index in [0.29, 0.717) is 23.5 Å². The second-order valence-electron chi connectivity index (χ2n) is 6.95. The van der Waals surface area contributed by atoms with Crippen LogP contribution in [0.4, 0.5) is 11.4 Å². The van der Waals surface area contributed by atoms with Crippen LogP contribution in [-0.2, 0) is 4.79 Å². The summed E-state index contributed by atoms with van der Waals surface area (Å²) < 4.78 is 5.03. The molecule has 8 nitrogen and oxygen atoms in total. The standard InChI is InChI=1S/C15H14N4O.C9H11NO2/c1-17-10-4-2-9(3-5-10)13-11-6-7-18-8-12(11)19-14(13)15(16)20;1-7-3-4-9(12-2)8(5-7)10-6-11/h2-8,17,19H,1H3,(H2,16,20);3-6H,1-2H3,(H,10,11). The molecule has 2 aromatic heterocycles. The SMILES string of the molecule is CNc1ccc(-c2c(C(N)=O)[nH]c3cnccc23)cc1.COc1ccc(C)cc1NC=O. The van der Waals surface area contributed by atoms with Crippen LogP contribution >= 0.6 is 0 Å². The molecule has 0 radical (unpaired) electrons. The number of amides is 2. The molecule has 164 valence electrons. The lowest BCUT2D eigenvalue weighted by Gasteiger charge is -2.06. The van der Waals surface area contributed by atoms with Crippen molar-refractivity contribution in [1.82, 2.24) is 9.97 Å². The number of fused-ring (bicyclic) bond motifs is 1. The largest absolute Gasteiger partial charge is 0.495 e. The van der Waals surface area contributed by atoms with E-state index in [1.165, 1.54) is 0 Å². The summed E-state index contributed by atoms with van der Waals surface area (Å²) in [5.74, 6) is 0.196. The van der Waals surface area contributed by atoms with Crippen LogP contribution in [-0.4, -0.2) is 36.4 Å². The number of aryl methyl sites for hydroxylation is 1. The number of carbonyl (C=O) groups is 2. The molecule has 0 fully saturated rings. The van der Waals surface area contributed by atoms with Gasteiger partial charge in [0.1, 0.15) is 11.4 Å². The van der Waals surface area contributed by atoms with Gasteiger partial charge in [0, 0.05) is 29.9 Å². The minimum absolute atomic E-state index is 0.408. The number of nitrogens with one attached hydrogen (secondary N) is 3. The van der Waals surface area contributed by atoms with Crippen molar-refractivity contribution in [2.45, 2.75) is 6.92 Å². The van der Waals surface area contributed by atoms with Gasteiger partial charge >= 0.3 is 0 Å². The second kappa shape index (κ2) is 10.1. The average Bonchev–Trinajstić information content (AvgIpc) is 3.20. The number of H-pyrrole nitrogens is 1. The molecule has 0 atom stereocenters. The number of aromatic amines is 1. The molecule has 32 heavy (non-hydrogen) atoms. The van der Waals surface area contributed by atoms with Gasteiger partial charge in [-0.25, -0.2) is 0 Å². The Hall–Kier alpha value is -4.33. The van der Waals surface area contributed by atoms with E-state index < -0.39 is 5.91 Å². The third-order valence-electron chi connectivity index (χ3n) is 4.88. The van der Waals surface area contributed by atoms with E-state index in [4.69, 9.17) is 10.5 Å². The van der Waals surface area contributed by atoms with Crippen LogP contribution in [0.2, 0.25) is 0 Å². The molecule has 4 rings (SSSR count). The van der Waals surface area contributed by atoms with Crippen molar-refractivity contribution in [2.24, 2.45) is 5.73 Å². The summed E-state index contributed by atoms with van der Waals surface area (Å²) >= 11 is 0. The number of methoxy groups -OCH3 is 1. The van der Waals surface area contributed by atoms with Crippen LogP contribution in [0, 0.1) is 6.92 Å². The highest BCUT2D eigenvalue weighted by Crippen LogP contribution is 2.32. The Morgan fingerprint density at radius 3 is 2.53 bits per heavy atom. The Morgan fingerprint density at radius 1 is 1.16 bits per heavy atom. The predicted molar refractivity (Wildman–Crippen MR) is 127 cm³/mol. The summed E-state index contributed by atoms with van der Waals surface area (Å²) in [6.45, 7) is 1.95. The van der Waals surface area contributed by atoms with Gasteiger partial charge in [0.15, 0.2) is 0 Å². The number of nitrogens with zero attached hydrogens (tertiary/aromatic N) is 1. The lowest BCUT2D eigenvalue weighted by Crippen LogP contribution is -2.12. The van der Waals surface area contributed by atoms with Crippen LogP contribution in [0.5, 0.6) is 5.75 Å². The first kappa shape index (κ1) is 22.4. The molecule has 0 saturated carbocycles. The van der Waals surface area contributed by atoms with Gasteiger partial charge in [-0.05, 0) is 48.4 Å². The number of nitrogens with two attached hydrogens (primary N) is 1. The maximum atomic E-state index is 11.6. The van der Waals surface area contributed by atoms with Crippen molar-refractivity contribution >= 4 is 34.6 Å². The van der Waals surface area contributed by atoms with Gasteiger partial charge in [0.25, 0.3) is 5.91 Å². The number of benzene rings is 2. The molecule has 8 heteroatoms. The van der Waals surface area contributed by atoms with E-state index in [1.54, 1.807) is 19.5 Å². The number of hydrogen-bond donors (Lipinski definition) is 4. The van der Waals surface area contributed by atoms with Crippen LogP contribution in [0.3, 0.4) is 0 Å². The van der Waals surface area contributed by atoms with Crippen molar-refractivity contribution in [3.05, 3.63) is 72.2 Å². The van der Waals surface area contributed by atoms with Crippen LogP contribution in [0.1, 0.15) is 16.1 Å². The lowest BCUT2D eigenvalue weighted by atomic mass is 10.0. The van der Waals surface area contributed by atoms with Crippen LogP contribution in [0.25, 0.3) is 22.0 Å². The number of ether oxygens (including phenoxy) is 1. The van der Waals surface area contributed by atoms with Gasteiger partial charge < -0.3 is 26.1 Å². The molecule has 5 N–H and O–H groups in total. The van der Waals surface area contributed by atoms with E-state index in [0.717, 1.165) is 33.3 Å². The van der Waals surface area contributed by atoms with Gasteiger partial charge in [-0.15, -0.1) is 0 Å². The van der Waals surface area contributed by atoms with Gasteiger partial charge in [0.05, 0.1) is 24.5 Å². The molecule has 0 bridgehead atoms. The average molecular weight is 431 g/mol. The molecule has 0 aliphatic heterocycles. The highest BCUT2D eigenvalue weighted by atomic mass is 16.5. The number of hydrogen-bond acceptors (Lipinski definition) is 5. The summed E-state index contributed by atoms with van der Waals surface area (Å²) in [6.07, 6.45) is 4.02. The Morgan fingerprint density at radius 2 is 1.91 bits per heavy atom. The van der Waals surface area contributed by atoms with Gasteiger partial charge in [-0.3, -0.25) is 14.6 Å². The molecule has 0 aliphatic rings. The first-order valence-corrected chi connectivity index (χ1v) is 9.87. The maximum Gasteiger partial charge on any atom is 0.265 e. The van der Waals surface area contributed by atoms with Crippen LogP contribution in [0.15, 0.2) is 60.9 Å². The number of rotatable bonds is 6. The van der Waals surface area contributed by atoms with Crippen molar-refractivity contribution in [2.75, 3.05) is 24.8 Å². The Bertz CT molecular complexity index is 1230. The monoisotopic (exact) mass is 431 g/mol. The van der Waals surface area contributed by atoms with E-state index in [-0.39, 0.29) is 0 Å². The third kappa shape index (κ3) is 4.86. The smallest absolute Gasteiger partial charge is 0.265 e. The maximum absolute atomic E-state index is 11.6. The quantitative estimate of drug-likeness (QED) is 0.345. The Kier molecular flexibility index (Phi) is 7.07. The summed E-state index contributed by atoms with van der Waals surface area (Å²) in [7, 11) is 3.43. The molecule has 2 heterocycles. The van der Waals surface area contributed by atoms with Crippen molar-refractivity contribution in [1.29, 1.82) is 0 Å².